The molecule has 0 fully saturated rings. The van der Waals surface area contributed by atoms with Crippen molar-refractivity contribution < 1.29 is 8.78 Å². The first kappa shape index (κ1) is 13.9. The van der Waals surface area contributed by atoms with Crippen LogP contribution in [0, 0.1) is 11.6 Å². The molecule has 0 radical (unpaired) electrons. The van der Waals surface area contributed by atoms with Crippen molar-refractivity contribution in [1.82, 2.24) is 9.97 Å². The Morgan fingerprint density at radius 3 is 1.95 bits per heavy atom. The van der Waals surface area contributed by atoms with Gasteiger partial charge in [-0.15, -0.1) is 0 Å². The zero-order chi connectivity index (χ0) is 15.4. The lowest BCUT2D eigenvalue weighted by atomic mass is 10.3. The number of anilines is 4. The molecule has 0 unspecified atom stereocenters. The van der Waals surface area contributed by atoms with Crippen LogP contribution in [0.5, 0.6) is 0 Å². The molecule has 0 atom stereocenters. The molecule has 2 N–H and O–H groups in total. The number of para-hydroxylation sites is 2. The highest BCUT2D eigenvalue weighted by atomic mass is 19.1. The van der Waals surface area contributed by atoms with Crippen LogP contribution in [0.4, 0.5) is 31.9 Å². The smallest absolute Gasteiger partial charge is 0.229 e. The topological polar surface area (TPSA) is 49.8 Å². The van der Waals surface area contributed by atoms with Gasteiger partial charge in [0.1, 0.15) is 17.5 Å². The number of nitrogens with one attached hydrogen (secondary N) is 2. The molecule has 3 rings (SSSR count). The van der Waals surface area contributed by atoms with Gasteiger partial charge in [0.25, 0.3) is 0 Å². The molecule has 0 bridgehead atoms. The maximum Gasteiger partial charge on any atom is 0.229 e. The molecule has 4 nitrogen and oxygen atoms in total. The zero-order valence-electron chi connectivity index (χ0n) is 11.4. The lowest BCUT2D eigenvalue weighted by Crippen LogP contribution is -2.02. The Morgan fingerprint density at radius 2 is 1.32 bits per heavy atom. The number of hydrogen-bond acceptors (Lipinski definition) is 4. The van der Waals surface area contributed by atoms with Gasteiger partial charge in [0.05, 0.1) is 11.4 Å². The molecule has 0 aliphatic rings. The standard InChI is InChI=1S/C16H12F2N4/c17-11-5-1-3-7-13(11)20-15-9-10-19-16(22-15)21-14-8-4-2-6-12(14)18/h1-10H,(H2,19,20,21,22). The van der Waals surface area contributed by atoms with E-state index < -0.39 is 5.82 Å². The third-order valence-electron chi connectivity index (χ3n) is 2.91. The summed E-state index contributed by atoms with van der Waals surface area (Å²) in [6.07, 6.45) is 1.50. The first-order chi connectivity index (χ1) is 10.7. The average molecular weight is 298 g/mol. The number of benzene rings is 2. The highest BCUT2D eigenvalue weighted by Gasteiger charge is 2.06. The molecule has 0 spiro atoms. The lowest BCUT2D eigenvalue weighted by molar-refractivity contribution is 0.631. The Bertz CT molecular complexity index is 730. The SMILES string of the molecule is Fc1ccccc1Nc1ccnc(Nc2ccccc2F)n1. The number of halogens is 2. The van der Waals surface area contributed by atoms with Gasteiger partial charge in [0, 0.05) is 6.20 Å². The molecular formula is C16H12F2N4. The molecular weight excluding hydrogens is 286 g/mol. The van der Waals surface area contributed by atoms with Crippen LogP contribution in [0.25, 0.3) is 0 Å². The summed E-state index contributed by atoms with van der Waals surface area (Å²) in [5.74, 6) is -0.173. The van der Waals surface area contributed by atoms with Gasteiger partial charge in [0.2, 0.25) is 5.95 Å². The van der Waals surface area contributed by atoms with E-state index in [0.717, 1.165) is 0 Å². The maximum absolute atomic E-state index is 13.6. The fourth-order valence-corrected chi connectivity index (χ4v) is 1.87. The quantitative estimate of drug-likeness (QED) is 0.756. The van der Waals surface area contributed by atoms with E-state index in [1.54, 1.807) is 42.5 Å². The van der Waals surface area contributed by atoms with Crippen molar-refractivity contribution >= 4 is 23.1 Å². The van der Waals surface area contributed by atoms with Crippen LogP contribution in [0.3, 0.4) is 0 Å². The highest BCUT2D eigenvalue weighted by Crippen LogP contribution is 2.20. The van der Waals surface area contributed by atoms with Crippen molar-refractivity contribution in [2.45, 2.75) is 0 Å². The predicted octanol–water partition coefficient (Wildman–Crippen LogP) is 4.24. The minimum Gasteiger partial charge on any atom is -0.338 e. The van der Waals surface area contributed by atoms with Gasteiger partial charge in [-0.2, -0.15) is 4.98 Å². The predicted molar refractivity (Wildman–Crippen MR) is 81.4 cm³/mol. The molecule has 0 saturated heterocycles. The fourth-order valence-electron chi connectivity index (χ4n) is 1.87. The molecule has 22 heavy (non-hydrogen) atoms. The van der Waals surface area contributed by atoms with E-state index >= 15 is 0 Å². The van der Waals surface area contributed by atoms with E-state index in [9.17, 15) is 8.78 Å². The van der Waals surface area contributed by atoms with E-state index in [2.05, 4.69) is 20.6 Å². The van der Waals surface area contributed by atoms with Crippen LogP contribution in [0.15, 0.2) is 60.8 Å². The second-order valence-electron chi connectivity index (χ2n) is 4.48. The van der Waals surface area contributed by atoms with Crippen LogP contribution < -0.4 is 10.6 Å². The first-order valence-electron chi connectivity index (χ1n) is 6.58. The Hall–Kier alpha value is -3.02. The molecule has 6 heteroatoms. The van der Waals surface area contributed by atoms with E-state index in [0.29, 0.717) is 11.5 Å². The minimum atomic E-state index is -0.404. The maximum atomic E-state index is 13.6. The van der Waals surface area contributed by atoms with Crippen LogP contribution in [0.2, 0.25) is 0 Å². The van der Waals surface area contributed by atoms with E-state index in [-0.39, 0.29) is 17.5 Å². The van der Waals surface area contributed by atoms with Gasteiger partial charge in [-0.05, 0) is 30.3 Å². The number of rotatable bonds is 4. The molecule has 0 aliphatic carbocycles. The second kappa shape index (κ2) is 6.17. The van der Waals surface area contributed by atoms with E-state index in [1.807, 2.05) is 0 Å². The first-order valence-corrected chi connectivity index (χ1v) is 6.58. The molecule has 110 valence electrons. The summed E-state index contributed by atoms with van der Waals surface area (Å²) >= 11 is 0. The Kier molecular flexibility index (Phi) is 3.91. The van der Waals surface area contributed by atoms with Gasteiger partial charge < -0.3 is 10.6 Å². The van der Waals surface area contributed by atoms with Crippen molar-refractivity contribution in [3.63, 3.8) is 0 Å². The molecule has 3 aromatic rings. The van der Waals surface area contributed by atoms with Crippen LogP contribution in [-0.2, 0) is 0 Å². The van der Waals surface area contributed by atoms with E-state index in [4.69, 9.17) is 0 Å². The third-order valence-corrected chi connectivity index (χ3v) is 2.91. The third kappa shape index (κ3) is 3.17. The second-order valence-corrected chi connectivity index (χ2v) is 4.48. The average Bonchev–Trinajstić information content (AvgIpc) is 2.52. The normalized spacial score (nSPS) is 10.3. The van der Waals surface area contributed by atoms with Gasteiger partial charge in [-0.3, -0.25) is 0 Å². The zero-order valence-corrected chi connectivity index (χ0v) is 11.4. The van der Waals surface area contributed by atoms with Crippen molar-refractivity contribution in [3.05, 3.63) is 72.4 Å². The molecule has 0 amide bonds. The Labute approximate surface area is 125 Å². The number of nitrogens with zero attached hydrogens (tertiary/aromatic N) is 2. The Balaban J connectivity index is 1.81. The van der Waals surface area contributed by atoms with Gasteiger partial charge in [-0.1, -0.05) is 24.3 Å². The molecule has 0 saturated carbocycles. The minimum absolute atomic E-state index is 0.214. The summed E-state index contributed by atoms with van der Waals surface area (Å²) in [6, 6.07) is 14.1. The lowest BCUT2D eigenvalue weighted by Gasteiger charge is -2.09. The largest absolute Gasteiger partial charge is 0.338 e. The summed E-state index contributed by atoms with van der Waals surface area (Å²) in [5, 5.41) is 5.64. The summed E-state index contributed by atoms with van der Waals surface area (Å²) in [6.45, 7) is 0. The summed E-state index contributed by atoms with van der Waals surface area (Å²) in [5.41, 5.74) is 0.573. The highest BCUT2D eigenvalue weighted by molar-refractivity contribution is 5.59. The number of aromatic nitrogens is 2. The van der Waals surface area contributed by atoms with E-state index in [1.165, 1.54) is 18.3 Å². The van der Waals surface area contributed by atoms with Crippen molar-refractivity contribution in [1.29, 1.82) is 0 Å². The van der Waals surface area contributed by atoms with Gasteiger partial charge in [-0.25, -0.2) is 13.8 Å². The van der Waals surface area contributed by atoms with Gasteiger partial charge in [0.15, 0.2) is 0 Å². The Morgan fingerprint density at radius 1 is 0.727 bits per heavy atom. The van der Waals surface area contributed by atoms with Crippen LogP contribution in [-0.4, -0.2) is 9.97 Å². The van der Waals surface area contributed by atoms with Crippen LogP contribution >= 0.6 is 0 Å². The van der Waals surface area contributed by atoms with Crippen molar-refractivity contribution in [3.8, 4) is 0 Å². The molecule has 2 aromatic carbocycles. The monoisotopic (exact) mass is 298 g/mol. The fraction of sp³-hybridized carbons (Fsp3) is 0. The summed E-state index contributed by atoms with van der Waals surface area (Å²) in [4.78, 5) is 8.20. The van der Waals surface area contributed by atoms with Crippen LogP contribution in [0.1, 0.15) is 0 Å². The molecule has 1 heterocycles. The molecule has 1 aromatic heterocycles. The summed E-state index contributed by atoms with van der Waals surface area (Å²) in [7, 11) is 0. The summed E-state index contributed by atoms with van der Waals surface area (Å²) < 4.78 is 27.2. The number of hydrogen-bond donors (Lipinski definition) is 2. The van der Waals surface area contributed by atoms with Crippen molar-refractivity contribution in [2.75, 3.05) is 10.6 Å². The van der Waals surface area contributed by atoms with Crippen molar-refractivity contribution in [2.24, 2.45) is 0 Å². The molecule has 0 aliphatic heterocycles. The van der Waals surface area contributed by atoms with Gasteiger partial charge >= 0.3 is 0 Å².